The molecule has 0 fully saturated rings. The highest BCUT2D eigenvalue weighted by Crippen LogP contribution is 2.11. The maximum absolute atomic E-state index is 12.0. The molecule has 6 heteroatoms. The van der Waals surface area contributed by atoms with Crippen LogP contribution in [0.15, 0.2) is 29.2 Å². The van der Waals surface area contributed by atoms with Crippen molar-refractivity contribution < 1.29 is 13.5 Å². The predicted molar refractivity (Wildman–Crippen MR) is 75.5 cm³/mol. The lowest BCUT2D eigenvalue weighted by Crippen LogP contribution is -2.47. The van der Waals surface area contributed by atoms with Crippen LogP contribution in [0.1, 0.15) is 12.5 Å². The van der Waals surface area contributed by atoms with E-state index in [2.05, 4.69) is 4.72 Å². The van der Waals surface area contributed by atoms with Gasteiger partial charge in [-0.1, -0.05) is 17.7 Å². The number of nitrogens with zero attached hydrogens (tertiary/aromatic N) is 1. The fraction of sp³-hybridized carbons (Fsp3) is 0.538. The van der Waals surface area contributed by atoms with Gasteiger partial charge in [0.2, 0.25) is 10.0 Å². The lowest BCUT2D eigenvalue weighted by atomic mass is 10.1. The van der Waals surface area contributed by atoms with Gasteiger partial charge < -0.3 is 10.0 Å². The first-order valence-corrected chi connectivity index (χ1v) is 7.54. The van der Waals surface area contributed by atoms with Crippen molar-refractivity contribution in [1.82, 2.24) is 9.62 Å². The van der Waals surface area contributed by atoms with E-state index in [-0.39, 0.29) is 11.4 Å². The molecule has 108 valence electrons. The van der Waals surface area contributed by atoms with Crippen molar-refractivity contribution in [3.63, 3.8) is 0 Å². The monoisotopic (exact) mass is 286 g/mol. The number of likely N-dealkylation sites (N-methyl/N-ethyl adjacent to an activating group) is 1. The highest BCUT2D eigenvalue weighted by molar-refractivity contribution is 7.89. The largest absolute Gasteiger partial charge is 0.387 e. The van der Waals surface area contributed by atoms with Gasteiger partial charge in [0.05, 0.1) is 10.5 Å². The number of hydrogen-bond donors (Lipinski definition) is 2. The molecule has 1 aromatic carbocycles. The van der Waals surface area contributed by atoms with Crippen LogP contribution < -0.4 is 4.72 Å². The van der Waals surface area contributed by atoms with Gasteiger partial charge in [-0.05, 0) is 40.1 Å². The van der Waals surface area contributed by atoms with E-state index < -0.39 is 15.6 Å². The van der Waals surface area contributed by atoms with Crippen LogP contribution in [0, 0.1) is 6.92 Å². The van der Waals surface area contributed by atoms with E-state index in [0.717, 1.165) is 5.56 Å². The molecule has 0 amide bonds. The standard InChI is InChI=1S/C13H22N2O3S/c1-11-5-7-12(8-6-11)19(17,18)14-9-13(2,16)10-15(3)4/h5-8,14,16H,9-10H2,1-4H3. The Kier molecular flexibility index (Phi) is 5.09. The highest BCUT2D eigenvalue weighted by atomic mass is 32.2. The molecule has 5 nitrogen and oxygen atoms in total. The minimum absolute atomic E-state index is 0.0264. The summed E-state index contributed by atoms with van der Waals surface area (Å²) < 4.78 is 26.5. The molecule has 0 saturated carbocycles. The number of aryl methyl sites for hydroxylation is 1. The topological polar surface area (TPSA) is 69.6 Å². The van der Waals surface area contributed by atoms with Crippen LogP contribution in [-0.2, 0) is 10.0 Å². The molecule has 0 heterocycles. The summed E-state index contributed by atoms with van der Waals surface area (Å²) in [6.45, 7) is 3.85. The summed E-state index contributed by atoms with van der Waals surface area (Å²) >= 11 is 0. The molecule has 0 spiro atoms. The number of sulfonamides is 1. The normalized spacial score (nSPS) is 15.5. The number of nitrogens with one attached hydrogen (secondary N) is 1. The molecule has 0 radical (unpaired) electrons. The lowest BCUT2D eigenvalue weighted by molar-refractivity contribution is 0.0386. The first-order chi connectivity index (χ1) is 8.62. The van der Waals surface area contributed by atoms with E-state index in [0.29, 0.717) is 6.54 Å². The third-order valence-corrected chi connectivity index (χ3v) is 4.05. The highest BCUT2D eigenvalue weighted by Gasteiger charge is 2.24. The lowest BCUT2D eigenvalue weighted by Gasteiger charge is -2.27. The van der Waals surface area contributed by atoms with Crippen molar-refractivity contribution in [3.8, 4) is 0 Å². The molecule has 0 bridgehead atoms. The molecular formula is C13H22N2O3S. The second kappa shape index (κ2) is 6.00. The summed E-state index contributed by atoms with van der Waals surface area (Å²) in [4.78, 5) is 2.01. The summed E-state index contributed by atoms with van der Waals surface area (Å²) in [7, 11) is 0.0702. The van der Waals surface area contributed by atoms with Crippen LogP contribution in [0.4, 0.5) is 0 Å². The summed E-state index contributed by atoms with van der Waals surface area (Å²) in [5.74, 6) is 0. The Morgan fingerprint density at radius 2 is 1.79 bits per heavy atom. The predicted octanol–water partition coefficient (Wildman–Crippen LogP) is 0.586. The molecule has 19 heavy (non-hydrogen) atoms. The zero-order valence-electron chi connectivity index (χ0n) is 11.8. The Hall–Kier alpha value is -0.950. The summed E-state index contributed by atoms with van der Waals surface area (Å²) in [5.41, 5.74) is -0.111. The van der Waals surface area contributed by atoms with Crippen LogP contribution in [-0.4, -0.2) is 51.2 Å². The third-order valence-electron chi connectivity index (χ3n) is 2.63. The molecule has 1 aromatic rings. The van der Waals surface area contributed by atoms with Crippen molar-refractivity contribution >= 4 is 10.0 Å². The first-order valence-electron chi connectivity index (χ1n) is 6.06. The molecule has 1 rings (SSSR count). The van der Waals surface area contributed by atoms with Gasteiger partial charge in [-0.15, -0.1) is 0 Å². The molecule has 0 aromatic heterocycles. The number of hydrogen-bond acceptors (Lipinski definition) is 4. The van der Waals surface area contributed by atoms with E-state index in [1.807, 2.05) is 21.0 Å². The van der Waals surface area contributed by atoms with E-state index in [1.54, 1.807) is 36.1 Å². The average molecular weight is 286 g/mol. The SMILES string of the molecule is Cc1ccc(S(=O)(=O)NCC(C)(O)CN(C)C)cc1. The van der Waals surface area contributed by atoms with Gasteiger partial charge in [-0.2, -0.15) is 0 Å². The van der Waals surface area contributed by atoms with E-state index in [9.17, 15) is 13.5 Å². The molecule has 1 unspecified atom stereocenters. The molecule has 0 aliphatic heterocycles. The molecule has 0 aliphatic carbocycles. The third kappa shape index (κ3) is 5.28. The second-order valence-corrected chi connectivity index (χ2v) is 7.14. The van der Waals surface area contributed by atoms with Crippen LogP contribution in [0.2, 0.25) is 0 Å². The molecule has 1 atom stereocenters. The number of aliphatic hydroxyl groups is 1. The number of benzene rings is 1. The summed E-state index contributed by atoms with van der Waals surface area (Å²) in [6.07, 6.45) is 0. The van der Waals surface area contributed by atoms with Gasteiger partial charge in [-0.25, -0.2) is 13.1 Å². The van der Waals surface area contributed by atoms with Crippen LogP contribution in [0.25, 0.3) is 0 Å². The summed E-state index contributed by atoms with van der Waals surface area (Å²) in [5, 5.41) is 10.1. The molecule has 0 saturated heterocycles. The fourth-order valence-corrected chi connectivity index (χ4v) is 2.95. The molecule has 0 aliphatic rings. The number of rotatable bonds is 6. The van der Waals surface area contributed by atoms with E-state index in [1.165, 1.54) is 0 Å². The zero-order valence-corrected chi connectivity index (χ0v) is 12.7. The minimum Gasteiger partial charge on any atom is -0.387 e. The van der Waals surface area contributed by atoms with Crippen molar-refractivity contribution in [2.75, 3.05) is 27.2 Å². The van der Waals surface area contributed by atoms with Crippen LogP contribution in [0.5, 0.6) is 0 Å². The smallest absolute Gasteiger partial charge is 0.240 e. The maximum Gasteiger partial charge on any atom is 0.240 e. The Morgan fingerprint density at radius 1 is 1.26 bits per heavy atom. The molecular weight excluding hydrogens is 264 g/mol. The van der Waals surface area contributed by atoms with E-state index >= 15 is 0 Å². The summed E-state index contributed by atoms with van der Waals surface area (Å²) in [6, 6.07) is 6.59. The van der Waals surface area contributed by atoms with Gasteiger partial charge in [0, 0.05) is 13.1 Å². The Labute approximate surface area is 115 Å². The van der Waals surface area contributed by atoms with Crippen LogP contribution in [0.3, 0.4) is 0 Å². The fourth-order valence-electron chi connectivity index (χ4n) is 1.79. The van der Waals surface area contributed by atoms with Gasteiger partial charge in [0.1, 0.15) is 0 Å². The second-order valence-electron chi connectivity index (χ2n) is 5.37. The van der Waals surface area contributed by atoms with Crippen molar-refractivity contribution in [3.05, 3.63) is 29.8 Å². The van der Waals surface area contributed by atoms with Crippen molar-refractivity contribution in [1.29, 1.82) is 0 Å². The van der Waals surface area contributed by atoms with Gasteiger partial charge >= 0.3 is 0 Å². The maximum atomic E-state index is 12.0. The molecule has 2 N–H and O–H groups in total. The van der Waals surface area contributed by atoms with Gasteiger partial charge in [0.15, 0.2) is 0 Å². The minimum atomic E-state index is -3.57. The van der Waals surface area contributed by atoms with Crippen LogP contribution >= 0.6 is 0 Å². The Morgan fingerprint density at radius 3 is 2.26 bits per heavy atom. The van der Waals surface area contributed by atoms with Crippen molar-refractivity contribution in [2.24, 2.45) is 0 Å². The Balaban J connectivity index is 2.73. The van der Waals surface area contributed by atoms with Gasteiger partial charge in [-0.3, -0.25) is 0 Å². The van der Waals surface area contributed by atoms with Crippen molar-refractivity contribution in [2.45, 2.75) is 24.3 Å². The van der Waals surface area contributed by atoms with Gasteiger partial charge in [0.25, 0.3) is 0 Å². The zero-order chi connectivity index (χ0) is 14.7. The average Bonchev–Trinajstić information content (AvgIpc) is 2.26. The Bertz CT molecular complexity index is 507. The van der Waals surface area contributed by atoms with E-state index in [4.69, 9.17) is 0 Å². The quantitative estimate of drug-likeness (QED) is 0.803. The first kappa shape index (κ1) is 16.1.